The smallest absolute Gasteiger partial charge is 0.257 e. The summed E-state index contributed by atoms with van der Waals surface area (Å²) in [5, 5.41) is 3.74. The van der Waals surface area contributed by atoms with Crippen molar-refractivity contribution in [3.8, 4) is 0 Å². The molecule has 0 amide bonds. The summed E-state index contributed by atoms with van der Waals surface area (Å²) in [6, 6.07) is 14.5. The maximum atomic E-state index is 14.1. The number of anilines is 1. The number of thioether (sulfide) groups is 1. The molecular formula is C27H26FN3O2S. The number of allylic oxidation sites excluding steroid dienone is 2. The molecule has 2 N–H and O–H groups in total. The van der Waals surface area contributed by atoms with E-state index in [-0.39, 0.29) is 22.6 Å². The minimum atomic E-state index is -0.475. The van der Waals surface area contributed by atoms with Crippen molar-refractivity contribution >= 4 is 23.4 Å². The number of ketones is 1. The molecule has 5 rings (SSSR count). The zero-order valence-corrected chi connectivity index (χ0v) is 20.2. The topological polar surface area (TPSA) is 74.8 Å². The van der Waals surface area contributed by atoms with Gasteiger partial charge in [-0.15, -0.1) is 0 Å². The first-order valence-electron chi connectivity index (χ1n) is 11.3. The van der Waals surface area contributed by atoms with E-state index in [9.17, 15) is 14.0 Å². The zero-order valence-electron chi connectivity index (χ0n) is 19.4. The summed E-state index contributed by atoms with van der Waals surface area (Å²) in [5.74, 6) is 0.111. The molecule has 0 bridgehead atoms. The number of aryl methyl sites for hydroxylation is 1. The van der Waals surface area contributed by atoms with Gasteiger partial charge in [0.1, 0.15) is 11.6 Å². The van der Waals surface area contributed by atoms with Crippen molar-refractivity contribution in [1.82, 2.24) is 9.97 Å². The van der Waals surface area contributed by atoms with Crippen LogP contribution in [0, 0.1) is 18.2 Å². The first-order valence-corrected chi connectivity index (χ1v) is 12.3. The largest absolute Gasteiger partial charge is 0.343 e. The van der Waals surface area contributed by atoms with E-state index in [1.54, 1.807) is 18.2 Å². The van der Waals surface area contributed by atoms with Crippen LogP contribution in [0.1, 0.15) is 54.9 Å². The van der Waals surface area contributed by atoms with Gasteiger partial charge in [0.15, 0.2) is 10.9 Å². The minimum absolute atomic E-state index is 0.0624. The Morgan fingerprint density at radius 3 is 2.56 bits per heavy atom. The molecule has 5 nitrogen and oxygen atoms in total. The Labute approximate surface area is 201 Å². The van der Waals surface area contributed by atoms with Gasteiger partial charge in [-0.25, -0.2) is 9.37 Å². The van der Waals surface area contributed by atoms with Crippen molar-refractivity contribution in [2.75, 3.05) is 5.32 Å². The summed E-state index contributed by atoms with van der Waals surface area (Å²) < 4.78 is 14.1. The van der Waals surface area contributed by atoms with Crippen LogP contribution in [0.25, 0.3) is 0 Å². The van der Waals surface area contributed by atoms with E-state index < -0.39 is 5.92 Å². The lowest BCUT2D eigenvalue weighted by Gasteiger charge is -2.38. The summed E-state index contributed by atoms with van der Waals surface area (Å²) in [6.45, 7) is 6.16. The number of carbonyl (C=O) groups is 1. The molecule has 1 aliphatic carbocycles. The molecule has 0 radical (unpaired) electrons. The van der Waals surface area contributed by atoms with Crippen LogP contribution in [-0.4, -0.2) is 15.8 Å². The van der Waals surface area contributed by atoms with Gasteiger partial charge in [0.2, 0.25) is 0 Å². The third-order valence-electron chi connectivity index (χ3n) is 6.43. The second-order valence-electron chi connectivity index (χ2n) is 9.82. The number of rotatable bonds is 4. The van der Waals surface area contributed by atoms with E-state index in [0.29, 0.717) is 46.3 Å². The molecule has 2 aromatic carbocycles. The van der Waals surface area contributed by atoms with Crippen molar-refractivity contribution in [2.45, 2.75) is 50.4 Å². The molecular weight excluding hydrogens is 449 g/mol. The van der Waals surface area contributed by atoms with Gasteiger partial charge in [0.25, 0.3) is 5.56 Å². The van der Waals surface area contributed by atoms with Crippen LogP contribution < -0.4 is 10.9 Å². The van der Waals surface area contributed by atoms with E-state index in [2.05, 4.69) is 24.1 Å². The highest BCUT2D eigenvalue weighted by molar-refractivity contribution is 7.98. The molecule has 1 atom stereocenters. The van der Waals surface area contributed by atoms with E-state index in [0.717, 1.165) is 16.8 Å². The minimum Gasteiger partial charge on any atom is -0.343 e. The third kappa shape index (κ3) is 4.20. The fourth-order valence-electron chi connectivity index (χ4n) is 4.82. The summed E-state index contributed by atoms with van der Waals surface area (Å²) in [6.07, 6.45) is 1.13. The summed E-state index contributed by atoms with van der Waals surface area (Å²) >= 11 is 1.27. The highest BCUT2D eigenvalue weighted by atomic mass is 32.2. The number of carbonyl (C=O) groups excluding carboxylic acids is 1. The van der Waals surface area contributed by atoms with Crippen LogP contribution in [0.2, 0.25) is 0 Å². The average Bonchev–Trinajstić information content (AvgIpc) is 2.77. The number of nitrogens with zero attached hydrogens (tertiary/aromatic N) is 1. The molecule has 0 saturated heterocycles. The number of aromatic amines is 1. The number of hydrogen-bond donors (Lipinski definition) is 2. The SMILES string of the molecule is Cc1ccc(C2C3=C(CC(C)(C)CC3=O)Nc3nc(SCc4ccccc4F)[nH]c(=O)c32)cc1. The number of benzene rings is 2. The highest BCUT2D eigenvalue weighted by Gasteiger charge is 2.42. The average molecular weight is 476 g/mol. The molecule has 2 heterocycles. The van der Waals surface area contributed by atoms with Gasteiger partial charge in [0.05, 0.1) is 5.56 Å². The monoisotopic (exact) mass is 475 g/mol. The molecule has 7 heteroatoms. The van der Waals surface area contributed by atoms with Crippen LogP contribution in [-0.2, 0) is 10.5 Å². The van der Waals surface area contributed by atoms with Gasteiger partial charge >= 0.3 is 0 Å². The van der Waals surface area contributed by atoms with E-state index in [1.807, 2.05) is 31.2 Å². The Kier molecular flexibility index (Phi) is 5.68. The molecule has 3 aromatic rings. The number of nitrogens with one attached hydrogen (secondary N) is 2. The van der Waals surface area contributed by atoms with E-state index in [1.165, 1.54) is 17.8 Å². The normalized spacial score (nSPS) is 18.8. The molecule has 174 valence electrons. The van der Waals surface area contributed by atoms with Gasteiger partial charge in [0, 0.05) is 29.4 Å². The van der Waals surface area contributed by atoms with Crippen LogP contribution in [0.5, 0.6) is 0 Å². The fraction of sp³-hybridized carbons (Fsp3) is 0.296. The number of hydrogen-bond acceptors (Lipinski definition) is 5. The maximum Gasteiger partial charge on any atom is 0.257 e. The molecule has 0 spiro atoms. The molecule has 1 unspecified atom stereocenters. The Morgan fingerprint density at radius 2 is 1.82 bits per heavy atom. The molecule has 34 heavy (non-hydrogen) atoms. The highest BCUT2D eigenvalue weighted by Crippen LogP contribution is 2.47. The molecule has 2 aliphatic rings. The van der Waals surface area contributed by atoms with Crippen molar-refractivity contribution in [1.29, 1.82) is 0 Å². The lowest BCUT2D eigenvalue weighted by molar-refractivity contribution is -0.118. The van der Waals surface area contributed by atoms with Crippen LogP contribution in [0.3, 0.4) is 0 Å². The Hall–Kier alpha value is -3.19. The lowest BCUT2D eigenvalue weighted by Crippen LogP contribution is -2.37. The van der Waals surface area contributed by atoms with Gasteiger partial charge in [-0.3, -0.25) is 9.59 Å². The van der Waals surface area contributed by atoms with Crippen molar-refractivity contribution < 1.29 is 9.18 Å². The van der Waals surface area contributed by atoms with Crippen LogP contribution in [0.15, 0.2) is 69.8 Å². The second kappa shape index (κ2) is 8.55. The van der Waals surface area contributed by atoms with Gasteiger partial charge in [-0.2, -0.15) is 0 Å². The third-order valence-corrected chi connectivity index (χ3v) is 7.36. The van der Waals surface area contributed by atoms with Gasteiger partial charge in [-0.05, 0) is 36.0 Å². The maximum absolute atomic E-state index is 14.1. The number of halogens is 1. The van der Waals surface area contributed by atoms with Crippen molar-refractivity contribution in [2.24, 2.45) is 5.41 Å². The predicted octanol–water partition coefficient (Wildman–Crippen LogP) is 5.71. The van der Waals surface area contributed by atoms with Crippen molar-refractivity contribution in [3.63, 3.8) is 0 Å². The van der Waals surface area contributed by atoms with Gasteiger partial charge < -0.3 is 10.3 Å². The van der Waals surface area contributed by atoms with E-state index >= 15 is 0 Å². The van der Waals surface area contributed by atoms with E-state index in [4.69, 9.17) is 4.98 Å². The molecule has 0 fully saturated rings. The summed E-state index contributed by atoms with van der Waals surface area (Å²) in [4.78, 5) is 34.2. The molecule has 0 saturated carbocycles. The quantitative estimate of drug-likeness (QED) is 0.373. The Morgan fingerprint density at radius 1 is 1.09 bits per heavy atom. The Balaban J connectivity index is 1.59. The second-order valence-corrected chi connectivity index (χ2v) is 10.8. The number of fused-ring (bicyclic) bond motifs is 1. The van der Waals surface area contributed by atoms with Crippen LogP contribution in [0.4, 0.5) is 10.2 Å². The van der Waals surface area contributed by atoms with Crippen molar-refractivity contribution in [3.05, 3.63) is 98.2 Å². The fourth-order valence-corrected chi connectivity index (χ4v) is 5.66. The summed E-state index contributed by atoms with van der Waals surface area (Å²) in [5.41, 5.74) is 4.03. The first-order chi connectivity index (χ1) is 16.2. The standard InChI is InChI=1S/C27H26FN3O2S/c1-15-8-10-16(11-9-15)21-22-19(12-27(2,3)13-20(22)32)29-24-23(21)25(33)31-26(30-24)34-14-17-6-4-5-7-18(17)28/h4-11,21H,12-14H2,1-3H3,(H2,29,30,31,33). The number of H-pyrrole nitrogens is 1. The number of aromatic nitrogens is 2. The van der Waals surface area contributed by atoms with Crippen LogP contribution >= 0.6 is 11.8 Å². The predicted molar refractivity (Wildman–Crippen MR) is 133 cm³/mol. The summed E-state index contributed by atoms with van der Waals surface area (Å²) in [7, 11) is 0. The van der Waals surface area contributed by atoms with Gasteiger partial charge in [-0.1, -0.05) is 73.6 Å². The lowest BCUT2D eigenvalue weighted by atomic mass is 9.69. The number of Topliss-reactive ketones (excluding diaryl/α,β-unsaturated/α-hetero) is 1. The first kappa shape index (κ1) is 22.6. The Bertz CT molecular complexity index is 1380. The molecule has 1 aliphatic heterocycles. The molecule has 1 aromatic heterocycles. The zero-order chi connectivity index (χ0) is 24.0.